The molecule has 0 radical (unpaired) electrons. The molecule has 29 heavy (non-hydrogen) atoms. The topological polar surface area (TPSA) is 53.5 Å². The smallest absolute Gasteiger partial charge is 0.227 e. The Morgan fingerprint density at radius 2 is 1.69 bits per heavy atom. The van der Waals surface area contributed by atoms with Gasteiger partial charge in [-0.1, -0.05) is 32.0 Å². The minimum Gasteiger partial charge on any atom is -0.378 e. The number of anilines is 3. The molecule has 1 N–H and O–H groups in total. The maximum absolute atomic E-state index is 5.53. The zero-order valence-electron chi connectivity index (χ0n) is 17.7. The van der Waals surface area contributed by atoms with Crippen LogP contribution in [0.25, 0.3) is 0 Å². The summed E-state index contributed by atoms with van der Waals surface area (Å²) in [6, 6.07) is 10.6. The monoisotopic (exact) mass is 395 g/mol. The molecule has 156 valence electrons. The second-order valence-corrected chi connectivity index (χ2v) is 7.57. The fraction of sp³-hybridized carbons (Fsp3) is 0.565. The lowest BCUT2D eigenvalue weighted by atomic mass is 9.91. The summed E-state index contributed by atoms with van der Waals surface area (Å²) in [5.74, 6) is 2.54. The largest absolute Gasteiger partial charge is 0.378 e. The molecular weight excluding hydrogens is 362 g/mol. The molecule has 1 aromatic heterocycles. The van der Waals surface area contributed by atoms with Crippen LogP contribution in [0.3, 0.4) is 0 Å². The van der Waals surface area contributed by atoms with E-state index in [0.717, 1.165) is 77.0 Å². The van der Waals surface area contributed by atoms with Crippen LogP contribution in [-0.4, -0.2) is 55.9 Å². The Kier molecular flexibility index (Phi) is 6.62. The predicted octanol–water partition coefficient (Wildman–Crippen LogP) is 3.50. The van der Waals surface area contributed by atoms with Gasteiger partial charge in [0.1, 0.15) is 5.82 Å². The number of benzene rings is 1. The average molecular weight is 396 g/mol. The van der Waals surface area contributed by atoms with E-state index < -0.39 is 0 Å². The van der Waals surface area contributed by atoms with E-state index in [1.807, 2.05) is 13.8 Å². The van der Waals surface area contributed by atoms with Crippen molar-refractivity contribution in [1.29, 1.82) is 0 Å². The van der Waals surface area contributed by atoms with Crippen LogP contribution in [-0.2, 0) is 11.2 Å². The highest BCUT2D eigenvalue weighted by Gasteiger charge is 2.31. The van der Waals surface area contributed by atoms with Crippen LogP contribution in [0, 0.1) is 0 Å². The molecule has 0 bridgehead atoms. The minimum atomic E-state index is 0.540. The summed E-state index contributed by atoms with van der Waals surface area (Å²) in [4.78, 5) is 14.8. The number of fused-ring (bicyclic) bond motifs is 1. The lowest BCUT2D eigenvalue weighted by Crippen LogP contribution is -2.38. The van der Waals surface area contributed by atoms with Gasteiger partial charge in [-0.05, 0) is 44.5 Å². The van der Waals surface area contributed by atoms with E-state index in [9.17, 15) is 0 Å². The van der Waals surface area contributed by atoms with E-state index in [1.165, 1.54) is 16.9 Å². The lowest BCUT2D eigenvalue weighted by Gasteiger charge is -2.30. The van der Waals surface area contributed by atoms with Gasteiger partial charge >= 0.3 is 0 Å². The van der Waals surface area contributed by atoms with Gasteiger partial charge in [0, 0.05) is 36.8 Å². The first-order chi connectivity index (χ1) is 14.4. The molecular formula is C23H33N5O. The van der Waals surface area contributed by atoms with Crippen molar-refractivity contribution in [3.8, 4) is 0 Å². The molecule has 0 unspecified atom stereocenters. The van der Waals surface area contributed by atoms with Crippen molar-refractivity contribution >= 4 is 17.5 Å². The van der Waals surface area contributed by atoms with Crippen LogP contribution in [0.1, 0.15) is 43.9 Å². The second-order valence-electron chi connectivity index (χ2n) is 7.57. The maximum atomic E-state index is 5.53. The normalized spacial score (nSPS) is 19.5. The molecule has 3 aliphatic rings. The number of nitrogens with zero attached hydrogens (tertiary/aromatic N) is 4. The van der Waals surface area contributed by atoms with Gasteiger partial charge < -0.3 is 19.9 Å². The predicted molar refractivity (Wildman–Crippen MR) is 118 cm³/mol. The van der Waals surface area contributed by atoms with Gasteiger partial charge in [-0.2, -0.15) is 4.98 Å². The van der Waals surface area contributed by atoms with Gasteiger partial charge in [0.15, 0.2) is 0 Å². The molecule has 3 aliphatic heterocycles. The molecule has 6 heteroatoms. The number of hydrogen-bond donors (Lipinski definition) is 1. The molecule has 2 aromatic rings. The Morgan fingerprint density at radius 1 is 0.966 bits per heavy atom. The first kappa shape index (κ1) is 20.1. The molecule has 2 saturated heterocycles. The summed E-state index contributed by atoms with van der Waals surface area (Å²) in [6.07, 6.45) is 3.36. The summed E-state index contributed by atoms with van der Waals surface area (Å²) in [5.41, 5.74) is 3.88. The van der Waals surface area contributed by atoms with Crippen molar-refractivity contribution < 1.29 is 4.74 Å². The quantitative estimate of drug-likeness (QED) is 0.858. The Hall–Kier alpha value is -2.18. The number of piperidine rings is 1. The second kappa shape index (κ2) is 9.55. The number of para-hydroxylation sites is 1. The zero-order valence-corrected chi connectivity index (χ0v) is 17.7. The molecule has 1 aromatic carbocycles. The SMILES string of the molecule is CC.c1ccc(N2CCc3c(C4CCNCC4)nc(N4CCOCC4)nc32)cc1. The number of rotatable bonds is 3. The molecule has 0 spiro atoms. The van der Waals surface area contributed by atoms with E-state index in [2.05, 4.69) is 45.4 Å². The van der Waals surface area contributed by atoms with E-state index in [0.29, 0.717) is 5.92 Å². The molecule has 5 rings (SSSR count). The van der Waals surface area contributed by atoms with Crippen molar-refractivity contribution in [1.82, 2.24) is 15.3 Å². The highest BCUT2D eigenvalue weighted by atomic mass is 16.5. The highest BCUT2D eigenvalue weighted by molar-refractivity contribution is 5.68. The average Bonchev–Trinajstić information content (AvgIpc) is 3.25. The lowest BCUT2D eigenvalue weighted by molar-refractivity contribution is 0.122. The van der Waals surface area contributed by atoms with E-state index in [-0.39, 0.29) is 0 Å². The third kappa shape index (κ3) is 4.23. The molecule has 0 atom stereocenters. The van der Waals surface area contributed by atoms with E-state index >= 15 is 0 Å². The number of nitrogens with one attached hydrogen (secondary N) is 1. The summed E-state index contributed by atoms with van der Waals surface area (Å²) < 4.78 is 5.53. The molecule has 6 nitrogen and oxygen atoms in total. The van der Waals surface area contributed by atoms with Crippen molar-refractivity contribution in [3.63, 3.8) is 0 Å². The van der Waals surface area contributed by atoms with Gasteiger partial charge in [-0.25, -0.2) is 4.98 Å². The van der Waals surface area contributed by atoms with E-state index in [1.54, 1.807) is 0 Å². The number of aromatic nitrogens is 2. The van der Waals surface area contributed by atoms with Crippen LogP contribution in [0.5, 0.6) is 0 Å². The first-order valence-corrected chi connectivity index (χ1v) is 11.2. The summed E-state index contributed by atoms with van der Waals surface area (Å²) >= 11 is 0. The summed E-state index contributed by atoms with van der Waals surface area (Å²) in [5, 5.41) is 3.48. The summed E-state index contributed by atoms with van der Waals surface area (Å²) in [7, 11) is 0. The fourth-order valence-corrected chi connectivity index (χ4v) is 4.47. The number of hydrogen-bond acceptors (Lipinski definition) is 6. The molecule has 4 heterocycles. The number of morpholine rings is 1. The Balaban J connectivity index is 0.000000994. The van der Waals surface area contributed by atoms with Gasteiger partial charge in [0.05, 0.1) is 18.9 Å². The van der Waals surface area contributed by atoms with E-state index in [4.69, 9.17) is 14.7 Å². The van der Waals surface area contributed by atoms with Gasteiger partial charge in [0.2, 0.25) is 5.95 Å². The molecule has 0 saturated carbocycles. The summed E-state index contributed by atoms with van der Waals surface area (Å²) in [6.45, 7) is 10.4. The third-order valence-corrected chi connectivity index (χ3v) is 5.93. The van der Waals surface area contributed by atoms with Crippen LogP contribution >= 0.6 is 0 Å². The highest BCUT2D eigenvalue weighted by Crippen LogP contribution is 2.39. The Labute approximate surface area is 174 Å². The van der Waals surface area contributed by atoms with Gasteiger partial charge in [0.25, 0.3) is 0 Å². The first-order valence-electron chi connectivity index (χ1n) is 11.2. The zero-order chi connectivity index (χ0) is 20.1. The van der Waals surface area contributed by atoms with Crippen LogP contribution in [0.4, 0.5) is 17.5 Å². The van der Waals surface area contributed by atoms with Crippen molar-refractivity contribution in [3.05, 3.63) is 41.6 Å². The van der Waals surface area contributed by atoms with Crippen molar-refractivity contribution in [2.75, 3.05) is 55.7 Å². The number of ether oxygens (including phenoxy) is 1. The molecule has 0 aliphatic carbocycles. The Morgan fingerprint density at radius 3 is 2.41 bits per heavy atom. The van der Waals surface area contributed by atoms with Gasteiger partial charge in [-0.3, -0.25) is 0 Å². The van der Waals surface area contributed by atoms with Crippen LogP contribution in [0.15, 0.2) is 30.3 Å². The van der Waals surface area contributed by atoms with Gasteiger partial charge in [-0.15, -0.1) is 0 Å². The van der Waals surface area contributed by atoms with Crippen LogP contribution < -0.4 is 15.1 Å². The maximum Gasteiger partial charge on any atom is 0.227 e. The van der Waals surface area contributed by atoms with Crippen LogP contribution in [0.2, 0.25) is 0 Å². The molecule has 2 fully saturated rings. The standard InChI is InChI=1S/C21H27N5O.C2H6/c1-2-4-17(5-3-1)26-11-8-18-19(16-6-9-22-10-7-16)23-21(24-20(18)26)25-12-14-27-15-13-25;1-2/h1-5,16,22H,6-15H2;1-2H3. The Bertz CT molecular complexity index is 785. The van der Waals surface area contributed by atoms with Crippen molar-refractivity contribution in [2.45, 2.75) is 39.0 Å². The fourth-order valence-electron chi connectivity index (χ4n) is 4.47. The molecule has 0 amide bonds. The van der Waals surface area contributed by atoms with Crippen molar-refractivity contribution in [2.24, 2.45) is 0 Å². The minimum absolute atomic E-state index is 0.540. The third-order valence-electron chi connectivity index (χ3n) is 5.93.